The second-order valence-corrected chi connectivity index (χ2v) is 11.8. The molecule has 10 heteroatoms. The van der Waals surface area contributed by atoms with Crippen molar-refractivity contribution in [1.82, 2.24) is 8.61 Å². The molecule has 156 valence electrons. The van der Waals surface area contributed by atoms with Gasteiger partial charge in [-0.1, -0.05) is 0 Å². The maximum absolute atomic E-state index is 13.1. The molecule has 1 aromatic rings. The molecule has 0 saturated carbocycles. The molecule has 8 nitrogen and oxygen atoms in total. The van der Waals surface area contributed by atoms with E-state index in [9.17, 15) is 21.6 Å². The lowest BCUT2D eigenvalue weighted by Crippen LogP contribution is -2.46. The van der Waals surface area contributed by atoms with Gasteiger partial charge in [-0.25, -0.2) is 25.4 Å². The van der Waals surface area contributed by atoms with Gasteiger partial charge in [0.2, 0.25) is 26.0 Å². The second-order valence-electron chi connectivity index (χ2n) is 7.42. The summed E-state index contributed by atoms with van der Waals surface area (Å²) in [5.41, 5.74) is 1.54. The van der Waals surface area contributed by atoms with Crippen LogP contribution >= 0.6 is 0 Å². The van der Waals surface area contributed by atoms with Crippen molar-refractivity contribution in [3.8, 4) is 0 Å². The van der Waals surface area contributed by atoms with E-state index in [0.29, 0.717) is 32.4 Å². The highest BCUT2D eigenvalue weighted by molar-refractivity contribution is 7.89. The van der Waals surface area contributed by atoms with E-state index in [1.165, 1.54) is 24.5 Å². The predicted octanol–water partition coefficient (Wildman–Crippen LogP) is 0.888. The van der Waals surface area contributed by atoms with Gasteiger partial charge in [-0.15, -0.1) is 0 Å². The van der Waals surface area contributed by atoms with Crippen molar-refractivity contribution in [3.05, 3.63) is 23.8 Å². The van der Waals surface area contributed by atoms with Crippen molar-refractivity contribution in [3.63, 3.8) is 0 Å². The molecule has 0 spiro atoms. The summed E-state index contributed by atoms with van der Waals surface area (Å²) in [7, 11) is -3.87. The van der Waals surface area contributed by atoms with Gasteiger partial charge in [0.25, 0.3) is 0 Å². The third kappa shape index (κ3) is 3.83. The lowest BCUT2D eigenvalue weighted by molar-refractivity contribution is -0.123. The van der Waals surface area contributed by atoms with E-state index in [2.05, 4.69) is 0 Å². The molecule has 2 heterocycles. The van der Waals surface area contributed by atoms with E-state index in [-0.39, 0.29) is 29.0 Å². The zero-order chi connectivity index (χ0) is 20.7. The summed E-state index contributed by atoms with van der Waals surface area (Å²) >= 11 is 0. The largest absolute Gasteiger partial charge is 0.312 e. The van der Waals surface area contributed by atoms with Crippen LogP contribution in [-0.2, 0) is 31.3 Å². The SMILES string of the molecule is CCS(=O)(=O)N1CCC[C@H](C(=O)N2CCc3cc(S(=O)(=O)N(C)C)ccc32)C1. The highest BCUT2D eigenvalue weighted by atomic mass is 32.2. The molecule has 3 rings (SSSR count). The summed E-state index contributed by atoms with van der Waals surface area (Å²) in [6.07, 6.45) is 1.91. The van der Waals surface area contributed by atoms with Gasteiger partial charge in [-0.3, -0.25) is 4.79 Å². The van der Waals surface area contributed by atoms with Crippen molar-refractivity contribution in [2.24, 2.45) is 5.92 Å². The molecule has 1 saturated heterocycles. The van der Waals surface area contributed by atoms with Crippen LogP contribution in [0.15, 0.2) is 23.1 Å². The Bertz CT molecular complexity index is 973. The fraction of sp³-hybridized carbons (Fsp3) is 0.611. The Labute approximate surface area is 167 Å². The van der Waals surface area contributed by atoms with E-state index in [1.54, 1.807) is 24.0 Å². The van der Waals surface area contributed by atoms with Crippen LogP contribution in [0.3, 0.4) is 0 Å². The zero-order valence-corrected chi connectivity index (χ0v) is 18.1. The lowest BCUT2D eigenvalue weighted by Gasteiger charge is -2.33. The normalized spacial score (nSPS) is 21.1. The van der Waals surface area contributed by atoms with Crippen molar-refractivity contribution in [2.75, 3.05) is 44.4 Å². The standard InChI is InChI=1S/C18H27N3O5S2/c1-4-27(23,24)20-10-5-6-15(13-20)18(22)21-11-9-14-12-16(7-8-17(14)21)28(25,26)19(2)3/h7-8,12,15H,4-6,9-11,13H2,1-3H3/t15-/m0/s1. The van der Waals surface area contributed by atoms with Gasteiger partial charge in [-0.2, -0.15) is 0 Å². The molecule has 2 aliphatic rings. The molecule has 0 N–H and O–H groups in total. The smallest absolute Gasteiger partial charge is 0.242 e. The number of fused-ring (bicyclic) bond motifs is 1. The minimum absolute atomic E-state index is 0.0313. The van der Waals surface area contributed by atoms with Crippen LogP contribution in [0.4, 0.5) is 5.69 Å². The molecule has 1 atom stereocenters. The number of benzene rings is 1. The molecule has 0 aliphatic carbocycles. The van der Waals surface area contributed by atoms with Crippen LogP contribution in [0, 0.1) is 5.92 Å². The number of carbonyl (C=O) groups is 1. The van der Waals surface area contributed by atoms with Gasteiger partial charge in [0.05, 0.1) is 16.6 Å². The van der Waals surface area contributed by atoms with Crippen molar-refractivity contribution < 1.29 is 21.6 Å². The Hall–Kier alpha value is -1.49. The minimum Gasteiger partial charge on any atom is -0.312 e. The molecular formula is C18H27N3O5S2. The third-order valence-electron chi connectivity index (χ3n) is 5.48. The van der Waals surface area contributed by atoms with Crippen LogP contribution in [0.25, 0.3) is 0 Å². The summed E-state index contributed by atoms with van der Waals surface area (Å²) in [5, 5.41) is 0. The first kappa shape index (κ1) is 21.2. The summed E-state index contributed by atoms with van der Waals surface area (Å²) in [6.45, 7) is 2.77. The number of hydrogen-bond acceptors (Lipinski definition) is 5. The minimum atomic E-state index is -3.53. The first-order valence-electron chi connectivity index (χ1n) is 9.42. The van der Waals surface area contributed by atoms with E-state index in [4.69, 9.17) is 0 Å². The van der Waals surface area contributed by atoms with Gasteiger partial charge < -0.3 is 4.90 Å². The second kappa shape index (κ2) is 7.74. The number of rotatable bonds is 5. The Balaban J connectivity index is 1.81. The maximum Gasteiger partial charge on any atom is 0.242 e. The summed E-state index contributed by atoms with van der Waals surface area (Å²) in [4.78, 5) is 15.0. The predicted molar refractivity (Wildman–Crippen MR) is 107 cm³/mol. The molecule has 1 fully saturated rings. The summed E-state index contributed by atoms with van der Waals surface area (Å²) in [6, 6.07) is 4.83. The number of nitrogens with zero attached hydrogens (tertiary/aromatic N) is 3. The average molecular weight is 430 g/mol. The molecule has 0 bridgehead atoms. The van der Waals surface area contributed by atoms with E-state index in [0.717, 1.165) is 15.6 Å². The highest BCUT2D eigenvalue weighted by Crippen LogP contribution is 2.33. The fourth-order valence-corrected chi connectivity index (χ4v) is 5.91. The van der Waals surface area contributed by atoms with E-state index < -0.39 is 20.0 Å². The Kier molecular flexibility index (Phi) is 5.86. The van der Waals surface area contributed by atoms with Crippen molar-refractivity contribution >= 4 is 31.6 Å². The van der Waals surface area contributed by atoms with Gasteiger partial charge >= 0.3 is 0 Å². The number of piperidine rings is 1. The average Bonchev–Trinajstić information content (AvgIpc) is 3.10. The van der Waals surface area contributed by atoms with Gasteiger partial charge in [0.15, 0.2) is 0 Å². The quantitative estimate of drug-likeness (QED) is 0.693. The van der Waals surface area contributed by atoms with Gasteiger partial charge in [0, 0.05) is 39.4 Å². The van der Waals surface area contributed by atoms with Gasteiger partial charge in [0.1, 0.15) is 0 Å². The van der Waals surface area contributed by atoms with Crippen LogP contribution in [0.2, 0.25) is 0 Å². The first-order valence-corrected chi connectivity index (χ1v) is 12.5. The molecule has 1 aromatic carbocycles. The topological polar surface area (TPSA) is 95.1 Å². The number of carbonyl (C=O) groups excluding carboxylic acids is 1. The lowest BCUT2D eigenvalue weighted by atomic mass is 9.98. The van der Waals surface area contributed by atoms with E-state index in [1.807, 2.05) is 0 Å². The van der Waals surface area contributed by atoms with Crippen LogP contribution in [-0.4, -0.2) is 70.8 Å². The molecular weight excluding hydrogens is 402 g/mol. The molecule has 0 aromatic heterocycles. The first-order chi connectivity index (χ1) is 13.1. The maximum atomic E-state index is 13.1. The third-order valence-corrected chi connectivity index (χ3v) is 9.14. The Morgan fingerprint density at radius 3 is 2.54 bits per heavy atom. The summed E-state index contributed by atoms with van der Waals surface area (Å²) < 4.78 is 51.6. The number of sulfonamides is 2. The van der Waals surface area contributed by atoms with E-state index >= 15 is 0 Å². The number of hydrogen-bond donors (Lipinski definition) is 0. The highest BCUT2D eigenvalue weighted by Gasteiger charge is 2.36. The number of amides is 1. The number of anilines is 1. The Morgan fingerprint density at radius 2 is 1.89 bits per heavy atom. The molecule has 1 amide bonds. The summed E-state index contributed by atoms with van der Waals surface area (Å²) in [5.74, 6) is -0.423. The molecule has 0 radical (unpaired) electrons. The van der Waals surface area contributed by atoms with Crippen LogP contribution < -0.4 is 4.90 Å². The Morgan fingerprint density at radius 1 is 1.18 bits per heavy atom. The van der Waals surface area contributed by atoms with Gasteiger partial charge in [-0.05, 0) is 49.9 Å². The van der Waals surface area contributed by atoms with Crippen molar-refractivity contribution in [1.29, 1.82) is 0 Å². The van der Waals surface area contributed by atoms with Crippen molar-refractivity contribution in [2.45, 2.75) is 31.1 Å². The fourth-order valence-electron chi connectivity index (χ4n) is 3.78. The molecule has 28 heavy (non-hydrogen) atoms. The van der Waals surface area contributed by atoms with Crippen LogP contribution in [0.1, 0.15) is 25.3 Å². The molecule has 2 aliphatic heterocycles. The monoisotopic (exact) mass is 429 g/mol. The van der Waals surface area contributed by atoms with Crippen LogP contribution in [0.5, 0.6) is 0 Å². The molecule has 0 unspecified atom stereocenters. The zero-order valence-electron chi connectivity index (χ0n) is 16.5.